The number of methoxy groups -OCH3 is 1. The Balaban J connectivity index is 2.29. The smallest absolute Gasteiger partial charge is 0.311 e. The fourth-order valence-electron chi connectivity index (χ4n) is 1.59. The Labute approximate surface area is 109 Å². The number of anilines is 1. The minimum absolute atomic E-state index is 0.101. The van der Waals surface area contributed by atoms with Crippen molar-refractivity contribution in [2.45, 2.75) is 13.0 Å². The van der Waals surface area contributed by atoms with Crippen LogP contribution in [0.1, 0.15) is 18.5 Å². The molecule has 0 radical (unpaired) electrons. The maximum atomic E-state index is 11.0. The van der Waals surface area contributed by atoms with Crippen LogP contribution in [0.5, 0.6) is 5.88 Å². The Morgan fingerprint density at radius 2 is 2.32 bits per heavy atom. The maximum absolute atomic E-state index is 11.0. The van der Waals surface area contributed by atoms with Crippen LogP contribution < -0.4 is 10.1 Å². The number of pyridine rings is 1. The Kier molecular flexibility index (Phi) is 3.60. The van der Waals surface area contributed by atoms with Gasteiger partial charge in [0, 0.05) is 23.9 Å². The van der Waals surface area contributed by atoms with Crippen molar-refractivity contribution in [3.05, 3.63) is 40.2 Å². The first-order valence-corrected chi connectivity index (χ1v) is 5.56. The molecular formula is C11H13N5O3. The summed E-state index contributed by atoms with van der Waals surface area (Å²) < 4.78 is 4.97. The van der Waals surface area contributed by atoms with Gasteiger partial charge in [-0.05, 0) is 6.92 Å². The summed E-state index contributed by atoms with van der Waals surface area (Å²) in [6.07, 6.45) is 3.35. The van der Waals surface area contributed by atoms with Crippen LogP contribution in [0.4, 0.5) is 11.5 Å². The van der Waals surface area contributed by atoms with E-state index in [0.29, 0.717) is 5.88 Å². The van der Waals surface area contributed by atoms with Crippen molar-refractivity contribution in [2.75, 3.05) is 12.4 Å². The van der Waals surface area contributed by atoms with Gasteiger partial charge in [0.1, 0.15) is 0 Å². The van der Waals surface area contributed by atoms with Gasteiger partial charge < -0.3 is 10.1 Å². The third-order valence-corrected chi connectivity index (χ3v) is 2.63. The van der Waals surface area contributed by atoms with Crippen LogP contribution in [0.15, 0.2) is 24.5 Å². The lowest BCUT2D eigenvalue weighted by molar-refractivity contribution is -0.384. The van der Waals surface area contributed by atoms with E-state index in [2.05, 4.69) is 20.5 Å². The standard InChI is InChI=1S/C11H13N5O3/c1-7(8-5-12-13-6-8)14-11-9(16(17)18)3-4-10(15-11)19-2/h3-7H,1-2H3,(H,12,13)(H,14,15). The van der Waals surface area contributed by atoms with E-state index in [1.165, 1.54) is 19.2 Å². The van der Waals surface area contributed by atoms with E-state index >= 15 is 0 Å². The predicted octanol–water partition coefficient (Wildman–Crippen LogP) is 1.89. The number of ether oxygens (including phenoxy) is 1. The molecule has 1 unspecified atom stereocenters. The van der Waals surface area contributed by atoms with E-state index in [-0.39, 0.29) is 17.5 Å². The molecule has 0 aliphatic heterocycles. The van der Waals surface area contributed by atoms with Gasteiger partial charge >= 0.3 is 5.69 Å². The molecule has 2 aromatic heterocycles. The van der Waals surface area contributed by atoms with E-state index in [1.54, 1.807) is 12.4 Å². The molecule has 0 bridgehead atoms. The molecule has 2 rings (SSSR count). The number of nitrogens with one attached hydrogen (secondary N) is 2. The molecular weight excluding hydrogens is 250 g/mol. The quantitative estimate of drug-likeness (QED) is 0.630. The second-order valence-electron chi connectivity index (χ2n) is 3.88. The van der Waals surface area contributed by atoms with Gasteiger partial charge in [-0.2, -0.15) is 10.1 Å². The lowest BCUT2D eigenvalue weighted by atomic mass is 10.2. The zero-order valence-electron chi connectivity index (χ0n) is 10.5. The largest absolute Gasteiger partial charge is 0.481 e. The van der Waals surface area contributed by atoms with E-state index in [1.807, 2.05) is 6.92 Å². The predicted molar refractivity (Wildman–Crippen MR) is 68.1 cm³/mol. The molecule has 2 aromatic rings. The number of hydrogen-bond donors (Lipinski definition) is 2. The molecule has 0 fully saturated rings. The number of nitro groups is 1. The van der Waals surface area contributed by atoms with Crippen molar-refractivity contribution >= 4 is 11.5 Å². The number of rotatable bonds is 5. The lowest BCUT2D eigenvalue weighted by Crippen LogP contribution is -2.09. The Morgan fingerprint density at radius 1 is 1.53 bits per heavy atom. The molecule has 0 saturated carbocycles. The molecule has 0 spiro atoms. The van der Waals surface area contributed by atoms with Crippen LogP contribution in [-0.2, 0) is 0 Å². The van der Waals surface area contributed by atoms with Crippen molar-refractivity contribution in [1.29, 1.82) is 0 Å². The maximum Gasteiger partial charge on any atom is 0.311 e. The number of nitrogens with zero attached hydrogens (tertiary/aromatic N) is 3. The highest BCUT2D eigenvalue weighted by atomic mass is 16.6. The summed E-state index contributed by atoms with van der Waals surface area (Å²) in [5.41, 5.74) is 0.773. The summed E-state index contributed by atoms with van der Waals surface area (Å²) in [6, 6.07) is 2.64. The summed E-state index contributed by atoms with van der Waals surface area (Å²) in [7, 11) is 1.46. The Hall–Kier alpha value is -2.64. The zero-order valence-corrected chi connectivity index (χ0v) is 10.5. The summed E-state index contributed by atoms with van der Waals surface area (Å²) in [5.74, 6) is 0.477. The second kappa shape index (κ2) is 5.34. The van der Waals surface area contributed by atoms with Crippen molar-refractivity contribution in [2.24, 2.45) is 0 Å². The minimum atomic E-state index is -0.489. The van der Waals surface area contributed by atoms with Crippen LogP contribution in [0.3, 0.4) is 0 Å². The Morgan fingerprint density at radius 3 is 2.89 bits per heavy atom. The Bertz CT molecular complexity index is 570. The van der Waals surface area contributed by atoms with Crippen LogP contribution in [0.2, 0.25) is 0 Å². The third kappa shape index (κ3) is 2.79. The molecule has 0 aromatic carbocycles. The highest BCUT2D eigenvalue weighted by Gasteiger charge is 2.19. The number of hydrogen-bond acceptors (Lipinski definition) is 6. The van der Waals surface area contributed by atoms with Crippen LogP contribution in [0, 0.1) is 10.1 Å². The average Bonchev–Trinajstić information content (AvgIpc) is 2.92. The highest BCUT2D eigenvalue weighted by molar-refractivity contribution is 5.57. The minimum Gasteiger partial charge on any atom is -0.481 e. The van der Waals surface area contributed by atoms with Crippen LogP contribution in [-0.4, -0.2) is 27.2 Å². The lowest BCUT2D eigenvalue weighted by Gasteiger charge is -2.13. The SMILES string of the molecule is COc1ccc([N+](=O)[O-])c(NC(C)c2cn[nH]c2)n1. The van der Waals surface area contributed by atoms with E-state index < -0.39 is 4.92 Å². The first-order chi connectivity index (χ1) is 9.11. The molecule has 2 N–H and O–H groups in total. The van der Waals surface area contributed by atoms with Gasteiger partial charge in [0.15, 0.2) is 0 Å². The fraction of sp³-hybridized carbons (Fsp3) is 0.273. The molecule has 0 aliphatic rings. The number of H-pyrrole nitrogens is 1. The van der Waals surface area contributed by atoms with Gasteiger partial charge in [0.25, 0.3) is 0 Å². The van der Waals surface area contributed by atoms with Gasteiger partial charge in [0.2, 0.25) is 11.7 Å². The molecule has 0 aliphatic carbocycles. The molecule has 8 nitrogen and oxygen atoms in total. The summed E-state index contributed by atoms with van der Waals surface area (Å²) in [5, 5.41) is 20.5. The van der Waals surface area contributed by atoms with Crippen LogP contribution >= 0.6 is 0 Å². The molecule has 0 saturated heterocycles. The molecule has 0 amide bonds. The van der Waals surface area contributed by atoms with Gasteiger partial charge in [-0.1, -0.05) is 0 Å². The fourth-order valence-corrected chi connectivity index (χ4v) is 1.59. The van der Waals surface area contributed by atoms with E-state index in [9.17, 15) is 10.1 Å². The third-order valence-electron chi connectivity index (χ3n) is 2.63. The number of aromatic amines is 1. The highest BCUT2D eigenvalue weighted by Crippen LogP contribution is 2.28. The second-order valence-corrected chi connectivity index (χ2v) is 3.88. The molecule has 2 heterocycles. The summed E-state index contributed by atoms with van der Waals surface area (Å²) in [4.78, 5) is 14.5. The van der Waals surface area contributed by atoms with Crippen LogP contribution in [0.25, 0.3) is 0 Å². The molecule has 8 heteroatoms. The van der Waals surface area contributed by atoms with Gasteiger partial charge in [-0.15, -0.1) is 0 Å². The summed E-state index contributed by atoms with van der Waals surface area (Å²) >= 11 is 0. The van der Waals surface area contributed by atoms with Gasteiger partial charge in [0.05, 0.1) is 24.3 Å². The molecule has 19 heavy (non-hydrogen) atoms. The van der Waals surface area contributed by atoms with Crippen molar-refractivity contribution in [1.82, 2.24) is 15.2 Å². The molecule has 1 atom stereocenters. The zero-order chi connectivity index (χ0) is 13.8. The van der Waals surface area contributed by atoms with Crippen molar-refractivity contribution in [3.63, 3.8) is 0 Å². The monoisotopic (exact) mass is 263 g/mol. The van der Waals surface area contributed by atoms with E-state index in [4.69, 9.17) is 4.74 Å². The first kappa shape index (κ1) is 12.8. The van der Waals surface area contributed by atoms with Crippen molar-refractivity contribution in [3.8, 4) is 5.88 Å². The molecule has 100 valence electrons. The first-order valence-electron chi connectivity index (χ1n) is 5.56. The normalized spacial score (nSPS) is 11.9. The topological polar surface area (TPSA) is 106 Å². The number of aromatic nitrogens is 3. The summed E-state index contributed by atoms with van der Waals surface area (Å²) in [6.45, 7) is 1.86. The average molecular weight is 263 g/mol. The van der Waals surface area contributed by atoms with Gasteiger partial charge in [-0.25, -0.2) is 0 Å². The van der Waals surface area contributed by atoms with Crippen molar-refractivity contribution < 1.29 is 9.66 Å². The van der Waals surface area contributed by atoms with E-state index in [0.717, 1.165) is 5.56 Å². The van der Waals surface area contributed by atoms with Gasteiger partial charge in [-0.3, -0.25) is 15.2 Å².